The first-order valence-electron chi connectivity index (χ1n) is 4.61. The Labute approximate surface area is 94.9 Å². The fourth-order valence-corrected chi connectivity index (χ4v) is 1.87. The number of nitrogens with one attached hydrogen (secondary N) is 1. The Morgan fingerprint density at radius 3 is 3.00 bits per heavy atom. The molecule has 80 valence electrons. The van der Waals surface area contributed by atoms with Gasteiger partial charge in [0.25, 0.3) is 0 Å². The van der Waals surface area contributed by atoms with Crippen molar-refractivity contribution in [1.29, 1.82) is 0 Å². The zero-order valence-electron chi connectivity index (χ0n) is 8.00. The number of nitrogens with zero attached hydrogens (tertiary/aromatic N) is 1. The van der Waals surface area contributed by atoms with Gasteiger partial charge in [-0.2, -0.15) is 0 Å². The normalized spacial score (nSPS) is 11.1. The minimum Gasteiger partial charge on any atom is -0.442 e. The second kappa shape index (κ2) is 3.35. The highest BCUT2D eigenvalue weighted by Crippen LogP contribution is 2.33. The molecule has 3 aromatic rings. The summed E-state index contributed by atoms with van der Waals surface area (Å²) in [5, 5.41) is 0.990. The maximum atomic E-state index is 13.1. The first-order valence-corrected chi connectivity index (χ1v) is 4.99. The summed E-state index contributed by atoms with van der Waals surface area (Å²) in [6.07, 6.45) is 2.98. The molecule has 0 amide bonds. The lowest BCUT2D eigenvalue weighted by Crippen LogP contribution is -1.75. The predicted octanol–water partition coefficient (Wildman–Crippen LogP) is 3.62. The van der Waals surface area contributed by atoms with Crippen LogP contribution in [0.1, 0.15) is 0 Å². The van der Waals surface area contributed by atoms with Crippen LogP contribution in [0.3, 0.4) is 0 Å². The number of aromatic amines is 1. The fraction of sp³-hybridized carbons (Fsp3) is 0. The van der Waals surface area contributed by atoms with Crippen LogP contribution in [-0.2, 0) is 0 Å². The molecule has 0 bridgehead atoms. The highest BCUT2D eigenvalue weighted by atomic mass is 35.5. The monoisotopic (exact) mass is 236 g/mol. The number of hydrogen-bond acceptors (Lipinski definition) is 2. The van der Waals surface area contributed by atoms with Crippen LogP contribution in [0.2, 0.25) is 5.15 Å². The summed E-state index contributed by atoms with van der Waals surface area (Å²) in [7, 11) is 0. The highest BCUT2D eigenvalue weighted by molar-refractivity contribution is 6.32. The number of benzene rings is 1. The minimum atomic E-state index is -0.302. The van der Waals surface area contributed by atoms with Crippen LogP contribution in [0.25, 0.3) is 22.2 Å². The van der Waals surface area contributed by atoms with Gasteiger partial charge in [-0.25, -0.2) is 9.37 Å². The van der Waals surface area contributed by atoms with Crippen LogP contribution in [0.5, 0.6) is 0 Å². The van der Waals surface area contributed by atoms with Crippen molar-refractivity contribution in [2.45, 2.75) is 0 Å². The summed E-state index contributed by atoms with van der Waals surface area (Å²) in [6, 6.07) is 4.49. The second-order valence-electron chi connectivity index (χ2n) is 3.36. The lowest BCUT2D eigenvalue weighted by atomic mass is 10.1. The van der Waals surface area contributed by atoms with Crippen molar-refractivity contribution in [2.75, 3.05) is 0 Å². The topological polar surface area (TPSA) is 41.8 Å². The zero-order chi connectivity index (χ0) is 11.1. The molecule has 0 spiro atoms. The Morgan fingerprint density at radius 2 is 2.25 bits per heavy atom. The smallest absolute Gasteiger partial charge is 0.182 e. The van der Waals surface area contributed by atoms with Crippen molar-refractivity contribution < 1.29 is 8.81 Å². The molecule has 0 saturated carbocycles. The minimum absolute atomic E-state index is 0.269. The number of hydrogen-bond donors (Lipinski definition) is 1. The molecule has 0 saturated heterocycles. The average molecular weight is 237 g/mol. The van der Waals surface area contributed by atoms with E-state index in [4.69, 9.17) is 16.0 Å². The van der Waals surface area contributed by atoms with Crippen LogP contribution in [0, 0.1) is 5.82 Å². The van der Waals surface area contributed by atoms with E-state index in [0.29, 0.717) is 11.3 Å². The van der Waals surface area contributed by atoms with E-state index >= 15 is 0 Å². The molecule has 3 rings (SSSR count). The van der Waals surface area contributed by atoms with Gasteiger partial charge in [0, 0.05) is 22.7 Å². The Balaban J connectivity index is 2.32. The van der Waals surface area contributed by atoms with Crippen molar-refractivity contribution in [3.63, 3.8) is 0 Å². The first-order chi connectivity index (χ1) is 7.75. The van der Waals surface area contributed by atoms with Gasteiger partial charge in [0.2, 0.25) is 0 Å². The van der Waals surface area contributed by atoms with Crippen LogP contribution in [0.15, 0.2) is 35.2 Å². The molecule has 2 heterocycles. The largest absolute Gasteiger partial charge is 0.442 e. The maximum Gasteiger partial charge on any atom is 0.182 e. The van der Waals surface area contributed by atoms with E-state index in [1.807, 2.05) is 0 Å². The van der Waals surface area contributed by atoms with Gasteiger partial charge in [-0.15, -0.1) is 0 Å². The van der Waals surface area contributed by atoms with Gasteiger partial charge in [0.15, 0.2) is 17.3 Å². The summed E-state index contributed by atoms with van der Waals surface area (Å²) >= 11 is 5.86. The number of halogens is 2. The standard InChI is InChI=1S/C11H6ClFN2O/c12-11-10(16-5-15-11)8-4-14-9-2-1-6(13)3-7(8)9/h1-5,14H. The first kappa shape index (κ1) is 9.42. The Morgan fingerprint density at radius 1 is 1.38 bits per heavy atom. The Hall–Kier alpha value is -1.81. The fourth-order valence-electron chi connectivity index (χ4n) is 1.69. The van der Waals surface area contributed by atoms with E-state index in [2.05, 4.69) is 9.97 Å². The van der Waals surface area contributed by atoms with Crippen molar-refractivity contribution >= 4 is 22.5 Å². The number of aromatic nitrogens is 2. The number of fused-ring (bicyclic) bond motifs is 1. The van der Waals surface area contributed by atoms with E-state index in [0.717, 1.165) is 10.9 Å². The predicted molar refractivity (Wildman–Crippen MR) is 58.8 cm³/mol. The molecular formula is C11H6ClFN2O. The Bertz CT molecular complexity index is 659. The third kappa shape index (κ3) is 1.31. The van der Waals surface area contributed by atoms with Gasteiger partial charge in [-0.05, 0) is 18.2 Å². The summed E-state index contributed by atoms with van der Waals surface area (Å²) in [4.78, 5) is 6.81. The SMILES string of the molecule is Fc1ccc2[nH]cc(-c3ocnc3Cl)c2c1. The van der Waals surface area contributed by atoms with Gasteiger partial charge >= 0.3 is 0 Å². The van der Waals surface area contributed by atoms with Crippen molar-refractivity contribution in [1.82, 2.24) is 9.97 Å². The van der Waals surface area contributed by atoms with Gasteiger partial charge in [-0.1, -0.05) is 11.6 Å². The van der Waals surface area contributed by atoms with Crippen molar-refractivity contribution in [2.24, 2.45) is 0 Å². The van der Waals surface area contributed by atoms with Crippen LogP contribution < -0.4 is 0 Å². The number of H-pyrrole nitrogens is 1. The zero-order valence-corrected chi connectivity index (χ0v) is 8.75. The molecule has 5 heteroatoms. The molecule has 0 atom stereocenters. The molecule has 2 aromatic heterocycles. The highest BCUT2D eigenvalue weighted by Gasteiger charge is 2.13. The van der Waals surface area contributed by atoms with Gasteiger partial charge < -0.3 is 9.40 Å². The van der Waals surface area contributed by atoms with Crippen molar-refractivity contribution in [3.8, 4) is 11.3 Å². The molecule has 0 aliphatic heterocycles. The van der Waals surface area contributed by atoms with E-state index in [1.54, 1.807) is 12.3 Å². The van der Waals surface area contributed by atoms with E-state index in [9.17, 15) is 4.39 Å². The second-order valence-corrected chi connectivity index (χ2v) is 3.72. The third-order valence-electron chi connectivity index (χ3n) is 2.41. The maximum absolute atomic E-state index is 13.1. The summed E-state index contributed by atoms with van der Waals surface area (Å²) in [5.74, 6) is 0.141. The van der Waals surface area contributed by atoms with Crippen LogP contribution in [-0.4, -0.2) is 9.97 Å². The quantitative estimate of drug-likeness (QED) is 0.701. The van der Waals surface area contributed by atoms with E-state index in [-0.39, 0.29) is 11.0 Å². The molecule has 3 nitrogen and oxygen atoms in total. The Kier molecular flexibility index (Phi) is 1.97. The molecule has 0 unspecified atom stereocenters. The molecule has 1 N–H and O–H groups in total. The number of rotatable bonds is 1. The summed E-state index contributed by atoms with van der Waals surface area (Å²) < 4.78 is 18.3. The lowest BCUT2D eigenvalue weighted by molar-refractivity contribution is 0.572. The average Bonchev–Trinajstić information content (AvgIpc) is 2.83. The van der Waals surface area contributed by atoms with Crippen LogP contribution in [0.4, 0.5) is 4.39 Å². The molecular weight excluding hydrogens is 231 g/mol. The van der Waals surface area contributed by atoms with Gasteiger partial charge in [0.1, 0.15) is 5.82 Å². The van der Waals surface area contributed by atoms with Crippen molar-refractivity contribution in [3.05, 3.63) is 41.8 Å². The van der Waals surface area contributed by atoms with Crippen LogP contribution >= 0.6 is 11.6 Å². The van der Waals surface area contributed by atoms with Gasteiger partial charge in [-0.3, -0.25) is 0 Å². The molecule has 1 aromatic carbocycles. The molecule has 0 aliphatic rings. The molecule has 0 radical (unpaired) electrons. The molecule has 16 heavy (non-hydrogen) atoms. The molecule has 0 fully saturated rings. The summed E-state index contributed by atoms with van der Waals surface area (Å²) in [5.41, 5.74) is 1.53. The third-order valence-corrected chi connectivity index (χ3v) is 2.68. The molecule has 0 aliphatic carbocycles. The van der Waals surface area contributed by atoms with E-state index < -0.39 is 0 Å². The summed E-state index contributed by atoms with van der Waals surface area (Å²) in [6.45, 7) is 0. The lowest BCUT2D eigenvalue weighted by Gasteiger charge is -1.95. The van der Waals surface area contributed by atoms with E-state index in [1.165, 1.54) is 18.5 Å². The number of oxazole rings is 1. The van der Waals surface area contributed by atoms with Gasteiger partial charge in [0.05, 0.1) is 0 Å².